The zero-order chi connectivity index (χ0) is 12.0. The molecule has 15 heavy (non-hydrogen) atoms. The highest BCUT2D eigenvalue weighted by atomic mass is 16.4. The molecule has 0 bridgehead atoms. The summed E-state index contributed by atoms with van der Waals surface area (Å²) in [6.07, 6.45) is 0. The number of aliphatic carboxylic acids is 1. The molecule has 86 valence electrons. The minimum Gasteiger partial charge on any atom is -0.481 e. The molecule has 0 unspecified atom stereocenters. The quantitative estimate of drug-likeness (QED) is 0.725. The average molecular weight is 213 g/mol. The lowest BCUT2D eigenvalue weighted by molar-refractivity contribution is -0.140. The molecule has 0 aromatic rings. The van der Waals surface area contributed by atoms with E-state index in [4.69, 9.17) is 5.11 Å². The highest BCUT2D eigenvalue weighted by Crippen LogP contribution is 2.58. The lowest BCUT2D eigenvalue weighted by Crippen LogP contribution is -2.42. The van der Waals surface area contributed by atoms with Gasteiger partial charge in [0, 0.05) is 5.54 Å². The summed E-state index contributed by atoms with van der Waals surface area (Å²) in [6.45, 7) is 9.29. The third-order valence-corrected chi connectivity index (χ3v) is 2.87. The van der Waals surface area contributed by atoms with Crippen LogP contribution in [0.2, 0.25) is 0 Å². The fourth-order valence-electron chi connectivity index (χ4n) is 2.04. The van der Waals surface area contributed by atoms with Crippen molar-refractivity contribution in [2.75, 3.05) is 0 Å². The van der Waals surface area contributed by atoms with Gasteiger partial charge in [0.25, 0.3) is 0 Å². The normalized spacial score (nSPS) is 28.3. The summed E-state index contributed by atoms with van der Waals surface area (Å²) in [5.74, 6) is -1.97. The fourth-order valence-corrected chi connectivity index (χ4v) is 2.04. The molecule has 1 amide bonds. The molecule has 0 saturated heterocycles. The number of carbonyl (C=O) groups excluding carboxylic acids is 1. The summed E-state index contributed by atoms with van der Waals surface area (Å²) in [5, 5.41) is 11.7. The van der Waals surface area contributed by atoms with Crippen molar-refractivity contribution in [1.82, 2.24) is 5.32 Å². The smallest absolute Gasteiger partial charge is 0.307 e. The van der Waals surface area contributed by atoms with Crippen molar-refractivity contribution in [1.29, 1.82) is 0 Å². The summed E-state index contributed by atoms with van der Waals surface area (Å²) in [7, 11) is 0. The van der Waals surface area contributed by atoms with Gasteiger partial charge in [-0.3, -0.25) is 9.59 Å². The van der Waals surface area contributed by atoms with Gasteiger partial charge in [0.15, 0.2) is 0 Å². The topological polar surface area (TPSA) is 66.4 Å². The molecular weight excluding hydrogens is 194 g/mol. The largest absolute Gasteiger partial charge is 0.481 e. The van der Waals surface area contributed by atoms with Gasteiger partial charge in [-0.25, -0.2) is 0 Å². The molecule has 1 aliphatic rings. The Morgan fingerprint density at radius 1 is 1.20 bits per heavy atom. The molecule has 0 spiro atoms. The fraction of sp³-hybridized carbons (Fsp3) is 0.818. The molecule has 4 nitrogen and oxygen atoms in total. The number of nitrogens with one attached hydrogen (secondary N) is 1. The maximum atomic E-state index is 11.8. The first-order valence-corrected chi connectivity index (χ1v) is 5.12. The minimum atomic E-state index is -0.881. The molecule has 0 aromatic carbocycles. The molecule has 0 aliphatic heterocycles. The highest BCUT2D eigenvalue weighted by Gasteiger charge is 2.66. The van der Waals surface area contributed by atoms with Crippen LogP contribution in [0.4, 0.5) is 0 Å². The van der Waals surface area contributed by atoms with Crippen molar-refractivity contribution in [3.05, 3.63) is 0 Å². The zero-order valence-corrected chi connectivity index (χ0v) is 9.92. The van der Waals surface area contributed by atoms with E-state index in [-0.39, 0.29) is 11.4 Å². The lowest BCUT2D eigenvalue weighted by atomic mass is 10.1. The summed E-state index contributed by atoms with van der Waals surface area (Å²) in [6, 6.07) is 0. The molecular formula is C11H19NO3. The van der Waals surface area contributed by atoms with E-state index < -0.39 is 23.2 Å². The van der Waals surface area contributed by atoms with Gasteiger partial charge in [0.1, 0.15) is 0 Å². The summed E-state index contributed by atoms with van der Waals surface area (Å²) >= 11 is 0. The van der Waals surface area contributed by atoms with Gasteiger partial charge in [0.2, 0.25) is 5.91 Å². The van der Waals surface area contributed by atoms with Crippen molar-refractivity contribution in [3.63, 3.8) is 0 Å². The second kappa shape index (κ2) is 3.22. The van der Waals surface area contributed by atoms with Crippen LogP contribution in [-0.4, -0.2) is 22.5 Å². The first kappa shape index (κ1) is 12.0. The van der Waals surface area contributed by atoms with Crippen molar-refractivity contribution in [2.24, 2.45) is 17.3 Å². The monoisotopic (exact) mass is 213 g/mol. The molecule has 1 rings (SSSR count). The Morgan fingerprint density at radius 3 is 1.93 bits per heavy atom. The second-order valence-corrected chi connectivity index (χ2v) is 5.85. The van der Waals surface area contributed by atoms with Gasteiger partial charge in [-0.15, -0.1) is 0 Å². The highest BCUT2D eigenvalue weighted by molar-refractivity contribution is 5.91. The van der Waals surface area contributed by atoms with E-state index in [1.165, 1.54) is 0 Å². The first-order valence-electron chi connectivity index (χ1n) is 5.12. The van der Waals surface area contributed by atoms with Crippen molar-refractivity contribution < 1.29 is 14.7 Å². The molecule has 0 radical (unpaired) electrons. The van der Waals surface area contributed by atoms with Crippen LogP contribution in [0.3, 0.4) is 0 Å². The van der Waals surface area contributed by atoms with Crippen molar-refractivity contribution in [2.45, 2.75) is 40.2 Å². The standard InChI is InChI=1S/C11H19NO3/c1-10(2,3)12-8(13)6-7(9(14)15)11(6,4)5/h6-7H,1-5H3,(H,12,13)(H,14,15)/t6-,7+/m0/s1. The number of hydrogen-bond acceptors (Lipinski definition) is 2. The lowest BCUT2D eigenvalue weighted by Gasteiger charge is -2.20. The first-order chi connectivity index (χ1) is 6.57. The van der Waals surface area contributed by atoms with Crippen molar-refractivity contribution in [3.8, 4) is 0 Å². The molecule has 2 N–H and O–H groups in total. The Balaban J connectivity index is 2.69. The van der Waals surface area contributed by atoms with Gasteiger partial charge < -0.3 is 10.4 Å². The summed E-state index contributed by atoms with van der Waals surface area (Å²) in [4.78, 5) is 22.7. The number of carbonyl (C=O) groups is 2. The van der Waals surface area contributed by atoms with Crippen LogP contribution in [0.15, 0.2) is 0 Å². The number of carboxylic acid groups (broad SMARTS) is 1. The van der Waals surface area contributed by atoms with E-state index in [1.54, 1.807) is 0 Å². The Kier molecular flexibility index (Phi) is 2.58. The van der Waals surface area contributed by atoms with Crippen LogP contribution >= 0.6 is 0 Å². The SMILES string of the molecule is CC(C)(C)NC(=O)[C@@H]1[C@H](C(=O)O)C1(C)C. The average Bonchev–Trinajstić information content (AvgIpc) is 2.49. The minimum absolute atomic E-state index is 0.153. The van der Waals surface area contributed by atoms with Crippen molar-refractivity contribution >= 4 is 11.9 Å². The van der Waals surface area contributed by atoms with Crippen LogP contribution in [0.25, 0.3) is 0 Å². The Labute approximate surface area is 90.0 Å². The molecule has 4 heteroatoms. The van der Waals surface area contributed by atoms with E-state index in [2.05, 4.69) is 5.32 Å². The Morgan fingerprint density at radius 2 is 1.67 bits per heavy atom. The number of carboxylic acids is 1. The van der Waals surface area contributed by atoms with Crippen LogP contribution in [-0.2, 0) is 9.59 Å². The maximum Gasteiger partial charge on any atom is 0.307 e. The molecule has 1 fully saturated rings. The van der Waals surface area contributed by atoms with Gasteiger partial charge in [0.05, 0.1) is 11.8 Å². The van der Waals surface area contributed by atoms with Gasteiger partial charge in [-0.05, 0) is 26.2 Å². The van der Waals surface area contributed by atoms with Gasteiger partial charge >= 0.3 is 5.97 Å². The second-order valence-electron chi connectivity index (χ2n) is 5.85. The number of hydrogen-bond donors (Lipinski definition) is 2. The van der Waals surface area contributed by atoms with E-state index >= 15 is 0 Å². The van der Waals surface area contributed by atoms with Crippen LogP contribution in [0, 0.1) is 17.3 Å². The summed E-state index contributed by atoms with van der Waals surface area (Å²) < 4.78 is 0. The van der Waals surface area contributed by atoms with E-state index in [0.717, 1.165) is 0 Å². The number of amides is 1. The van der Waals surface area contributed by atoms with Gasteiger partial charge in [-0.2, -0.15) is 0 Å². The van der Waals surface area contributed by atoms with Gasteiger partial charge in [-0.1, -0.05) is 13.8 Å². The predicted molar refractivity (Wildman–Crippen MR) is 56.3 cm³/mol. The summed E-state index contributed by atoms with van der Waals surface area (Å²) in [5.41, 5.74) is -0.722. The molecule has 0 aromatic heterocycles. The third-order valence-electron chi connectivity index (χ3n) is 2.87. The van der Waals surface area contributed by atoms with Crippen LogP contribution < -0.4 is 5.32 Å². The molecule has 0 heterocycles. The van der Waals surface area contributed by atoms with Crippen LogP contribution in [0.1, 0.15) is 34.6 Å². The Bertz CT molecular complexity index is 301. The number of rotatable bonds is 2. The predicted octanol–water partition coefficient (Wildman–Crippen LogP) is 1.26. The zero-order valence-electron chi connectivity index (χ0n) is 9.92. The Hall–Kier alpha value is -1.06. The van der Waals surface area contributed by atoms with E-state index in [0.29, 0.717) is 0 Å². The molecule has 1 saturated carbocycles. The molecule has 2 atom stereocenters. The maximum absolute atomic E-state index is 11.8. The van der Waals surface area contributed by atoms with Crippen LogP contribution in [0.5, 0.6) is 0 Å². The van der Waals surface area contributed by atoms with E-state index in [1.807, 2.05) is 34.6 Å². The van der Waals surface area contributed by atoms with E-state index in [9.17, 15) is 9.59 Å². The molecule has 1 aliphatic carbocycles. The third kappa shape index (κ3) is 2.30.